The summed E-state index contributed by atoms with van der Waals surface area (Å²) in [5, 5.41) is 5.33. The first-order valence-electron chi connectivity index (χ1n) is 7.54. The second kappa shape index (κ2) is 7.53. The molecule has 1 aromatic carbocycles. The number of halogens is 4. The Morgan fingerprint density at radius 3 is 2.56 bits per heavy atom. The number of benzene rings is 1. The van der Waals surface area contributed by atoms with Gasteiger partial charge in [-0.25, -0.2) is 5.43 Å². The molecule has 10 heteroatoms. The Kier molecular flexibility index (Phi) is 5.33. The van der Waals surface area contributed by atoms with E-state index < -0.39 is 30.0 Å². The van der Waals surface area contributed by atoms with E-state index in [1.54, 1.807) is 35.7 Å². The second-order valence-corrected chi connectivity index (χ2v) is 6.76. The van der Waals surface area contributed by atoms with Gasteiger partial charge in [-0.05, 0) is 17.5 Å². The number of alkyl halides is 3. The van der Waals surface area contributed by atoms with Gasteiger partial charge in [-0.2, -0.15) is 18.3 Å². The van der Waals surface area contributed by atoms with Crippen LogP contribution in [0.5, 0.6) is 0 Å². The van der Waals surface area contributed by atoms with Gasteiger partial charge in [-0.15, -0.1) is 11.3 Å². The van der Waals surface area contributed by atoms with Crippen molar-refractivity contribution >= 4 is 51.2 Å². The average molecular weight is 414 g/mol. The molecule has 0 bridgehead atoms. The molecular weight excluding hydrogens is 403 g/mol. The van der Waals surface area contributed by atoms with Gasteiger partial charge in [0.05, 0.1) is 16.3 Å². The smallest absolute Gasteiger partial charge is 0.349 e. The fraction of sp³-hybridized carbons (Fsp3) is 0.118. The molecule has 2 aromatic heterocycles. The van der Waals surface area contributed by atoms with Crippen molar-refractivity contribution in [3.8, 4) is 0 Å². The zero-order chi connectivity index (χ0) is 19.6. The van der Waals surface area contributed by atoms with E-state index in [4.69, 9.17) is 11.6 Å². The predicted octanol–water partition coefficient (Wildman–Crippen LogP) is 4.80. The number of aromatic amines is 1. The van der Waals surface area contributed by atoms with Crippen LogP contribution in [-0.2, 0) is 0 Å². The van der Waals surface area contributed by atoms with Gasteiger partial charge >= 0.3 is 6.18 Å². The van der Waals surface area contributed by atoms with Crippen molar-refractivity contribution in [1.29, 1.82) is 0 Å². The summed E-state index contributed by atoms with van der Waals surface area (Å²) in [5.74, 6) is -1.68. The van der Waals surface area contributed by atoms with E-state index in [0.717, 1.165) is 11.3 Å². The number of fused-ring (bicyclic) bond motifs is 1. The van der Waals surface area contributed by atoms with Crippen LogP contribution in [0.2, 0.25) is 5.02 Å². The van der Waals surface area contributed by atoms with Crippen LogP contribution in [0.3, 0.4) is 0 Å². The highest BCUT2D eigenvalue weighted by Gasteiger charge is 2.37. The third kappa shape index (κ3) is 4.20. The van der Waals surface area contributed by atoms with E-state index in [9.17, 15) is 22.8 Å². The minimum absolute atomic E-state index is 0.0709. The van der Waals surface area contributed by atoms with Crippen LogP contribution in [0, 0.1) is 0 Å². The first-order chi connectivity index (χ1) is 12.8. The first-order valence-corrected chi connectivity index (χ1v) is 8.80. The standard InChI is InChI=1S/C17H11ClF3N3O2S/c18-14-9-4-1-2-5-10(9)22-15(14)16(26)24-23-13(17(19,20)21)8-11(25)12-6-3-7-27-12/h1-7,22H,8H2,(H,24,26)/b23-13-. The number of hydrazone groups is 1. The highest BCUT2D eigenvalue weighted by molar-refractivity contribution is 7.12. The minimum Gasteiger partial charge on any atom is -0.349 e. The quantitative estimate of drug-likeness (QED) is 0.358. The summed E-state index contributed by atoms with van der Waals surface area (Å²) in [6.45, 7) is 0. The van der Waals surface area contributed by atoms with Gasteiger partial charge in [0, 0.05) is 10.9 Å². The fourth-order valence-corrected chi connectivity index (χ4v) is 3.28. The molecule has 0 aliphatic heterocycles. The van der Waals surface area contributed by atoms with Crippen molar-refractivity contribution in [3.63, 3.8) is 0 Å². The molecule has 140 valence electrons. The molecule has 27 heavy (non-hydrogen) atoms. The Bertz CT molecular complexity index is 1030. The molecule has 5 nitrogen and oxygen atoms in total. The van der Waals surface area contributed by atoms with Crippen LogP contribution in [-0.4, -0.2) is 28.6 Å². The van der Waals surface area contributed by atoms with E-state index in [1.165, 1.54) is 6.07 Å². The van der Waals surface area contributed by atoms with Crippen LogP contribution >= 0.6 is 22.9 Å². The zero-order valence-corrected chi connectivity index (χ0v) is 15.0. The van der Waals surface area contributed by atoms with Crippen LogP contribution in [0.1, 0.15) is 26.6 Å². The Morgan fingerprint density at radius 2 is 1.93 bits per heavy atom. The Hall–Kier alpha value is -2.65. The third-order valence-electron chi connectivity index (χ3n) is 3.61. The average Bonchev–Trinajstić information content (AvgIpc) is 3.26. The number of para-hydroxylation sites is 1. The molecule has 0 saturated heterocycles. The Labute approximate surface area is 159 Å². The summed E-state index contributed by atoms with van der Waals surface area (Å²) >= 11 is 7.12. The summed E-state index contributed by atoms with van der Waals surface area (Å²) < 4.78 is 39.5. The van der Waals surface area contributed by atoms with E-state index >= 15 is 0 Å². The Balaban J connectivity index is 1.82. The van der Waals surface area contributed by atoms with Gasteiger partial charge in [0.1, 0.15) is 11.4 Å². The summed E-state index contributed by atoms with van der Waals surface area (Å²) in [5.41, 5.74) is 0.859. The summed E-state index contributed by atoms with van der Waals surface area (Å²) in [6.07, 6.45) is -5.85. The lowest BCUT2D eigenvalue weighted by molar-refractivity contribution is -0.0605. The van der Waals surface area contributed by atoms with Crippen molar-refractivity contribution in [2.75, 3.05) is 0 Å². The van der Waals surface area contributed by atoms with Gasteiger partial charge in [0.15, 0.2) is 5.78 Å². The highest BCUT2D eigenvalue weighted by Crippen LogP contribution is 2.27. The molecule has 0 aliphatic carbocycles. The number of hydrogen-bond donors (Lipinski definition) is 2. The zero-order valence-electron chi connectivity index (χ0n) is 13.4. The monoisotopic (exact) mass is 413 g/mol. The minimum atomic E-state index is -4.87. The number of carbonyl (C=O) groups is 2. The molecule has 0 fully saturated rings. The van der Waals surface area contributed by atoms with Crippen molar-refractivity contribution in [2.24, 2.45) is 5.10 Å². The van der Waals surface area contributed by atoms with Crippen LogP contribution < -0.4 is 5.43 Å². The van der Waals surface area contributed by atoms with Crippen molar-refractivity contribution in [3.05, 3.63) is 57.4 Å². The number of amides is 1. The molecule has 1 amide bonds. The number of thiophene rings is 1. The molecule has 0 spiro atoms. The second-order valence-electron chi connectivity index (χ2n) is 5.43. The number of rotatable bonds is 5. The van der Waals surface area contributed by atoms with Crippen LogP contribution in [0.4, 0.5) is 13.2 Å². The van der Waals surface area contributed by atoms with Gasteiger partial charge in [0.2, 0.25) is 0 Å². The molecule has 0 saturated carbocycles. The molecular formula is C17H11ClF3N3O2S. The van der Waals surface area contributed by atoms with Gasteiger partial charge in [-0.1, -0.05) is 35.9 Å². The number of nitrogens with one attached hydrogen (secondary N) is 2. The fourth-order valence-electron chi connectivity index (χ4n) is 2.32. The normalized spacial score (nSPS) is 12.4. The van der Waals surface area contributed by atoms with E-state index in [0.29, 0.717) is 10.9 Å². The SMILES string of the molecule is O=C(C/C(=N/NC(=O)c1[nH]c2ccccc2c1Cl)C(F)(F)F)c1cccs1. The molecule has 2 heterocycles. The van der Waals surface area contributed by atoms with Gasteiger partial charge < -0.3 is 4.98 Å². The third-order valence-corrected chi connectivity index (χ3v) is 4.92. The predicted molar refractivity (Wildman–Crippen MR) is 97.5 cm³/mol. The number of ketones is 1. The molecule has 0 atom stereocenters. The molecule has 0 unspecified atom stereocenters. The maximum Gasteiger partial charge on any atom is 0.431 e. The largest absolute Gasteiger partial charge is 0.431 e. The summed E-state index contributed by atoms with van der Waals surface area (Å²) in [4.78, 5) is 27.0. The van der Waals surface area contributed by atoms with Crippen LogP contribution in [0.15, 0.2) is 46.9 Å². The number of H-pyrrole nitrogens is 1. The lowest BCUT2D eigenvalue weighted by Gasteiger charge is -2.09. The number of nitrogens with zero attached hydrogens (tertiary/aromatic N) is 1. The number of carbonyl (C=O) groups excluding carboxylic acids is 2. The van der Waals surface area contributed by atoms with Crippen molar-refractivity contribution in [2.45, 2.75) is 12.6 Å². The summed E-state index contributed by atoms with van der Waals surface area (Å²) in [6, 6.07) is 9.73. The van der Waals surface area contributed by atoms with E-state index in [-0.39, 0.29) is 15.6 Å². The first kappa shape index (κ1) is 19.1. The van der Waals surface area contributed by atoms with Crippen molar-refractivity contribution in [1.82, 2.24) is 10.4 Å². The number of aromatic nitrogens is 1. The maximum atomic E-state index is 13.2. The lowest BCUT2D eigenvalue weighted by Crippen LogP contribution is -2.30. The lowest BCUT2D eigenvalue weighted by atomic mass is 10.1. The van der Waals surface area contributed by atoms with Crippen LogP contribution in [0.25, 0.3) is 10.9 Å². The summed E-state index contributed by atoms with van der Waals surface area (Å²) in [7, 11) is 0. The number of Topliss-reactive ketones (excluding diaryl/α,β-unsaturated/α-hetero) is 1. The Morgan fingerprint density at radius 1 is 1.19 bits per heavy atom. The molecule has 0 aliphatic rings. The number of hydrogen-bond acceptors (Lipinski definition) is 4. The van der Waals surface area contributed by atoms with Gasteiger partial charge in [0.25, 0.3) is 5.91 Å². The molecule has 3 aromatic rings. The van der Waals surface area contributed by atoms with E-state index in [1.807, 2.05) is 5.43 Å². The molecule has 0 radical (unpaired) electrons. The van der Waals surface area contributed by atoms with E-state index in [2.05, 4.69) is 10.1 Å². The molecule has 3 rings (SSSR count). The molecule has 2 N–H and O–H groups in total. The topological polar surface area (TPSA) is 74.3 Å². The maximum absolute atomic E-state index is 13.2. The van der Waals surface area contributed by atoms with Gasteiger partial charge in [-0.3, -0.25) is 9.59 Å². The highest BCUT2D eigenvalue weighted by atomic mass is 35.5. The van der Waals surface area contributed by atoms with Crippen molar-refractivity contribution < 1.29 is 22.8 Å².